The predicted molar refractivity (Wildman–Crippen MR) is 81.1 cm³/mol. The third-order valence-electron chi connectivity index (χ3n) is 3.73. The van der Waals surface area contributed by atoms with Gasteiger partial charge in [-0.1, -0.05) is 24.3 Å². The van der Waals surface area contributed by atoms with Crippen LogP contribution in [0.25, 0.3) is 0 Å². The first-order valence-corrected chi connectivity index (χ1v) is 8.36. The van der Waals surface area contributed by atoms with E-state index in [4.69, 9.17) is 5.73 Å². The average molecular weight is 303 g/mol. The molecule has 0 saturated carbocycles. The number of fused-ring (bicyclic) bond motifs is 1. The van der Waals surface area contributed by atoms with Gasteiger partial charge in [-0.3, -0.25) is 0 Å². The van der Waals surface area contributed by atoms with Gasteiger partial charge in [0, 0.05) is 18.3 Å². The summed E-state index contributed by atoms with van der Waals surface area (Å²) in [5.41, 5.74) is 7.84. The summed E-state index contributed by atoms with van der Waals surface area (Å²) in [6, 6.07) is 10.6. The molecule has 0 fully saturated rings. The van der Waals surface area contributed by atoms with Crippen LogP contribution in [0.4, 0.5) is 5.82 Å². The van der Waals surface area contributed by atoms with Crippen LogP contribution in [-0.2, 0) is 16.4 Å². The lowest BCUT2D eigenvalue weighted by molar-refractivity contribution is 0.507. The molecule has 0 radical (unpaired) electrons. The lowest BCUT2D eigenvalue weighted by atomic mass is 9.88. The Hall–Kier alpha value is -1.92. The molecule has 1 aromatic carbocycles. The maximum absolute atomic E-state index is 12.5. The number of nitrogens with zero attached hydrogens (tertiary/aromatic N) is 1. The summed E-state index contributed by atoms with van der Waals surface area (Å²) in [5, 5.41) is 0. The van der Waals surface area contributed by atoms with Crippen molar-refractivity contribution in [3.05, 3.63) is 53.7 Å². The number of nitrogens with two attached hydrogens (primary N) is 1. The van der Waals surface area contributed by atoms with Crippen molar-refractivity contribution < 1.29 is 8.42 Å². The van der Waals surface area contributed by atoms with E-state index in [1.54, 1.807) is 0 Å². The maximum atomic E-state index is 12.5. The summed E-state index contributed by atoms with van der Waals surface area (Å²) >= 11 is 0. The second-order valence-electron chi connectivity index (χ2n) is 5.18. The molecule has 1 aliphatic carbocycles. The van der Waals surface area contributed by atoms with Gasteiger partial charge in [-0.25, -0.2) is 18.1 Å². The minimum atomic E-state index is -3.60. The number of hydrogen-bond donors (Lipinski definition) is 2. The molecule has 2 aromatic rings. The van der Waals surface area contributed by atoms with E-state index in [0.29, 0.717) is 0 Å². The van der Waals surface area contributed by atoms with Crippen LogP contribution in [-0.4, -0.2) is 13.4 Å². The fourth-order valence-corrected chi connectivity index (χ4v) is 4.00. The third-order valence-corrected chi connectivity index (χ3v) is 5.20. The molecule has 1 atom stereocenters. The van der Waals surface area contributed by atoms with Crippen LogP contribution in [0.15, 0.2) is 47.5 Å². The standard InChI is InChI=1S/C15H17N3O2S/c16-15-10-12(8-9-17-15)21(19,20)18-14-7-3-5-11-4-1-2-6-13(11)14/h1-2,4,6,8-10,14,18H,3,5,7H2,(H2,16,17). The van der Waals surface area contributed by atoms with Gasteiger partial charge in [-0.05, 0) is 36.5 Å². The molecule has 3 N–H and O–H groups in total. The van der Waals surface area contributed by atoms with Gasteiger partial charge in [0.05, 0.1) is 4.90 Å². The number of pyridine rings is 1. The number of nitrogens with one attached hydrogen (secondary N) is 1. The Kier molecular flexibility index (Phi) is 3.65. The molecule has 0 amide bonds. The van der Waals surface area contributed by atoms with Gasteiger partial charge in [0.2, 0.25) is 10.0 Å². The fourth-order valence-electron chi connectivity index (χ4n) is 2.73. The van der Waals surface area contributed by atoms with Crippen molar-refractivity contribution in [2.45, 2.75) is 30.2 Å². The Morgan fingerprint density at radius 2 is 2.05 bits per heavy atom. The van der Waals surface area contributed by atoms with Crippen LogP contribution in [0.1, 0.15) is 30.0 Å². The summed E-state index contributed by atoms with van der Waals surface area (Å²) in [4.78, 5) is 3.97. The van der Waals surface area contributed by atoms with Gasteiger partial charge in [-0.2, -0.15) is 0 Å². The molecule has 110 valence electrons. The highest BCUT2D eigenvalue weighted by atomic mass is 32.2. The summed E-state index contributed by atoms with van der Waals surface area (Å²) in [6.07, 6.45) is 4.18. The molecule has 1 aromatic heterocycles. The number of aromatic nitrogens is 1. The van der Waals surface area contributed by atoms with Gasteiger partial charge in [0.15, 0.2) is 0 Å². The van der Waals surface area contributed by atoms with Crippen LogP contribution >= 0.6 is 0 Å². The maximum Gasteiger partial charge on any atom is 0.241 e. The highest BCUT2D eigenvalue weighted by molar-refractivity contribution is 7.89. The highest BCUT2D eigenvalue weighted by Crippen LogP contribution is 2.30. The van der Waals surface area contributed by atoms with Gasteiger partial charge < -0.3 is 5.73 Å². The Morgan fingerprint density at radius 3 is 2.86 bits per heavy atom. The van der Waals surface area contributed by atoms with E-state index in [-0.39, 0.29) is 16.8 Å². The second kappa shape index (κ2) is 5.46. The van der Waals surface area contributed by atoms with Crippen molar-refractivity contribution in [3.63, 3.8) is 0 Å². The molecule has 6 heteroatoms. The Labute approximate surface area is 124 Å². The third kappa shape index (κ3) is 2.91. The number of nitrogen functional groups attached to an aromatic ring is 1. The summed E-state index contributed by atoms with van der Waals surface area (Å²) in [5.74, 6) is 0.196. The molecule has 0 saturated heterocycles. The zero-order valence-electron chi connectivity index (χ0n) is 11.5. The SMILES string of the molecule is Nc1cc(S(=O)(=O)NC2CCCc3ccccc32)ccn1. The summed E-state index contributed by atoms with van der Waals surface area (Å²) in [7, 11) is -3.60. The average Bonchev–Trinajstić information content (AvgIpc) is 2.47. The minimum absolute atomic E-state index is 0.151. The van der Waals surface area contributed by atoms with Crippen LogP contribution in [0, 0.1) is 0 Å². The molecular formula is C15H17N3O2S. The Balaban J connectivity index is 1.90. The van der Waals surface area contributed by atoms with Crippen LogP contribution < -0.4 is 10.5 Å². The topological polar surface area (TPSA) is 85.1 Å². The lowest BCUT2D eigenvalue weighted by Gasteiger charge is -2.26. The highest BCUT2D eigenvalue weighted by Gasteiger charge is 2.25. The molecular weight excluding hydrogens is 286 g/mol. The van der Waals surface area contributed by atoms with Crippen LogP contribution in [0.3, 0.4) is 0 Å². The van der Waals surface area contributed by atoms with E-state index in [1.807, 2.05) is 18.2 Å². The van der Waals surface area contributed by atoms with Crippen LogP contribution in [0.5, 0.6) is 0 Å². The van der Waals surface area contributed by atoms with Crippen molar-refractivity contribution in [1.29, 1.82) is 0 Å². The van der Waals surface area contributed by atoms with Gasteiger partial charge in [-0.15, -0.1) is 0 Å². The number of rotatable bonds is 3. The minimum Gasteiger partial charge on any atom is -0.384 e. The van der Waals surface area contributed by atoms with Gasteiger partial charge in [0.1, 0.15) is 5.82 Å². The summed E-state index contributed by atoms with van der Waals surface area (Å²) < 4.78 is 27.7. The molecule has 1 aliphatic rings. The number of anilines is 1. The monoisotopic (exact) mass is 303 g/mol. The zero-order valence-corrected chi connectivity index (χ0v) is 12.3. The van der Waals surface area contributed by atoms with E-state index in [2.05, 4.69) is 15.8 Å². The molecule has 3 rings (SSSR count). The van der Waals surface area contributed by atoms with Crippen molar-refractivity contribution in [1.82, 2.24) is 9.71 Å². The van der Waals surface area contributed by atoms with Crippen molar-refractivity contribution in [2.75, 3.05) is 5.73 Å². The second-order valence-corrected chi connectivity index (χ2v) is 6.90. The Bertz CT molecular complexity index is 759. The fraction of sp³-hybridized carbons (Fsp3) is 0.267. The first kappa shape index (κ1) is 14.0. The quantitative estimate of drug-likeness (QED) is 0.908. The molecule has 1 unspecified atom stereocenters. The molecule has 0 spiro atoms. The lowest BCUT2D eigenvalue weighted by Crippen LogP contribution is -2.31. The predicted octanol–water partition coefficient (Wildman–Crippen LogP) is 2.02. The van der Waals surface area contributed by atoms with E-state index < -0.39 is 10.0 Å². The largest absolute Gasteiger partial charge is 0.384 e. The van der Waals surface area contributed by atoms with Crippen molar-refractivity contribution in [3.8, 4) is 0 Å². The Morgan fingerprint density at radius 1 is 1.24 bits per heavy atom. The summed E-state index contributed by atoms with van der Waals surface area (Å²) in [6.45, 7) is 0. The number of benzene rings is 1. The van der Waals surface area contributed by atoms with E-state index in [9.17, 15) is 8.42 Å². The number of sulfonamides is 1. The van der Waals surface area contributed by atoms with Gasteiger partial charge in [0.25, 0.3) is 0 Å². The zero-order chi connectivity index (χ0) is 14.9. The normalized spacial score (nSPS) is 18.2. The van der Waals surface area contributed by atoms with Gasteiger partial charge >= 0.3 is 0 Å². The first-order chi connectivity index (χ1) is 10.1. The molecule has 0 bridgehead atoms. The van der Waals surface area contributed by atoms with Crippen LogP contribution in [0.2, 0.25) is 0 Å². The number of aryl methyl sites for hydroxylation is 1. The van der Waals surface area contributed by atoms with Crippen molar-refractivity contribution >= 4 is 15.8 Å². The van der Waals surface area contributed by atoms with Crippen molar-refractivity contribution in [2.24, 2.45) is 0 Å². The molecule has 1 heterocycles. The first-order valence-electron chi connectivity index (χ1n) is 6.88. The smallest absolute Gasteiger partial charge is 0.241 e. The van der Waals surface area contributed by atoms with E-state index in [0.717, 1.165) is 24.8 Å². The number of hydrogen-bond acceptors (Lipinski definition) is 4. The molecule has 5 nitrogen and oxygen atoms in total. The van der Waals surface area contributed by atoms with E-state index >= 15 is 0 Å². The molecule has 21 heavy (non-hydrogen) atoms. The van der Waals surface area contributed by atoms with E-state index in [1.165, 1.54) is 23.9 Å². The molecule has 0 aliphatic heterocycles.